The van der Waals surface area contributed by atoms with Gasteiger partial charge < -0.3 is 15.7 Å². The molecular formula is C14H13BrN2O2S. The fraction of sp³-hybridized carbons (Fsp3) is 0.0714. The lowest BCUT2D eigenvalue weighted by Crippen LogP contribution is -2.12. The molecule has 0 radical (unpaired) electrons. The van der Waals surface area contributed by atoms with E-state index in [-0.39, 0.29) is 5.84 Å². The molecule has 0 aliphatic rings. The average Bonchev–Trinajstić information content (AvgIpc) is 2.48. The van der Waals surface area contributed by atoms with E-state index in [0.29, 0.717) is 5.56 Å². The molecule has 0 heterocycles. The molecule has 6 heteroatoms. The molecule has 104 valence electrons. The molecule has 0 fully saturated rings. The number of nitrogens with zero attached hydrogens (tertiary/aromatic N) is 1. The van der Waals surface area contributed by atoms with Crippen molar-refractivity contribution in [3.8, 4) is 5.75 Å². The van der Waals surface area contributed by atoms with Crippen molar-refractivity contribution in [1.82, 2.24) is 0 Å². The predicted octanol–water partition coefficient (Wildman–Crippen LogP) is 3.70. The molecule has 3 N–H and O–H groups in total. The normalized spacial score (nSPS) is 11.4. The fourth-order valence-corrected chi connectivity index (χ4v) is 3.08. The molecule has 0 spiro atoms. The van der Waals surface area contributed by atoms with Crippen LogP contribution in [0.1, 0.15) is 5.56 Å². The van der Waals surface area contributed by atoms with Gasteiger partial charge in [-0.1, -0.05) is 23.0 Å². The molecule has 0 bridgehead atoms. The van der Waals surface area contributed by atoms with E-state index in [0.717, 1.165) is 20.0 Å². The van der Waals surface area contributed by atoms with E-state index in [4.69, 9.17) is 15.7 Å². The molecule has 0 saturated carbocycles. The van der Waals surface area contributed by atoms with Crippen molar-refractivity contribution in [2.75, 3.05) is 7.11 Å². The monoisotopic (exact) mass is 352 g/mol. The number of halogens is 1. The van der Waals surface area contributed by atoms with Crippen LogP contribution in [0.3, 0.4) is 0 Å². The number of hydrogen-bond acceptors (Lipinski definition) is 4. The van der Waals surface area contributed by atoms with Gasteiger partial charge in [0.05, 0.1) is 7.11 Å². The van der Waals surface area contributed by atoms with E-state index < -0.39 is 0 Å². The second-order valence-corrected chi connectivity index (χ2v) is 5.88. The number of rotatable bonds is 4. The standard InChI is InChI=1S/C14H13BrN2O2S/c1-19-10-3-2-4-11(8-10)20-13-6-5-9(7-12(13)15)14(16)17-18/h2-8,18H,1H3,(H2,16,17). The molecule has 0 atom stereocenters. The lowest BCUT2D eigenvalue weighted by molar-refractivity contribution is 0.318. The van der Waals surface area contributed by atoms with Crippen LogP contribution >= 0.6 is 27.7 Å². The van der Waals surface area contributed by atoms with Gasteiger partial charge in [0.2, 0.25) is 0 Å². The first-order valence-corrected chi connectivity index (χ1v) is 7.34. The van der Waals surface area contributed by atoms with Gasteiger partial charge in [-0.3, -0.25) is 0 Å². The zero-order valence-corrected chi connectivity index (χ0v) is 13.1. The van der Waals surface area contributed by atoms with Crippen LogP contribution in [0.5, 0.6) is 5.75 Å². The third-order valence-electron chi connectivity index (χ3n) is 2.60. The topological polar surface area (TPSA) is 67.8 Å². The van der Waals surface area contributed by atoms with Crippen LogP contribution in [0.2, 0.25) is 0 Å². The van der Waals surface area contributed by atoms with Gasteiger partial charge in [-0.25, -0.2) is 0 Å². The highest BCUT2D eigenvalue weighted by Gasteiger charge is 2.07. The smallest absolute Gasteiger partial charge is 0.170 e. The zero-order valence-electron chi connectivity index (χ0n) is 10.7. The summed E-state index contributed by atoms with van der Waals surface area (Å²) in [5.74, 6) is 0.906. The molecule has 0 aliphatic heterocycles. The molecule has 0 amide bonds. The number of nitrogens with two attached hydrogens (primary N) is 1. The number of oxime groups is 1. The Morgan fingerprint density at radius 2 is 2.10 bits per heavy atom. The van der Waals surface area contributed by atoms with Crippen molar-refractivity contribution >= 4 is 33.5 Å². The van der Waals surface area contributed by atoms with Gasteiger partial charge in [-0.05, 0) is 52.3 Å². The Kier molecular flexibility index (Phi) is 4.92. The summed E-state index contributed by atoms with van der Waals surface area (Å²) in [6.45, 7) is 0. The van der Waals surface area contributed by atoms with Gasteiger partial charge in [-0.2, -0.15) is 0 Å². The number of benzene rings is 2. The minimum atomic E-state index is 0.0867. The first-order valence-electron chi connectivity index (χ1n) is 5.73. The molecule has 0 aromatic heterocycles. The Bertz CT molecular complexity index is 647. The molecule has 2 aromatic carbocycles. The van der Waals surface area contributed by atoms with Crippen molar-refractivity contribution in [3.05, 3.63) is 52.5 Å². The van der Waals surface area contributed by atoms with Crippen LogP contribution in [-0.2, 0) is 0 Å². The Hall–Kier alpha value is -1.66. The average molecular weight is 353 g/mol. The summed E-state index contributed by atoms with van der Waals surface area (Å²) < 4.78 is 6.09. The fourth-order valence-electron chi connectivity index (χ4n) is 1.59. The largest absolute Gasteiger partial charge is 0.497 e. The first-order chi connectivity index (χ1) is 9.63. The van der Waals surface area contributed by atoms with E-state index >= 15 is 0 Å². The van der Waals surface area contributed by atoms with E-state index in [1.165, 1.54) is 0 Å². The molecule has 20 heavy (non-hydrogen) atoms. The van der Waals surface area contributed by atoms with E-state index in [2.05, 4.69) is 21.1 Å². The lowest BCUT2D eigenvalue weighted by Gasteiger charge is -2.07. The van der Waals surface area contributed by atoms with Crippen LogP contribution in [0.25, 0.3) is 0 Å². The van der Waals surface area contributed by atoms with E-state index in [9.17, 15) is 0 Å². The van der Waals surface area contributed by atoms with Crippen molar-refractivity contribution in [2.45, 2.75) is 9.79 Å². The van der Waals surface area contributed by atoms with Gasteiger partial charge in [0, 0.05) is 19.8 Å². The van der Waals surface area contributed by atoms with Crippen LogP contribution in [0, 0.1) is 0 Å². The summed E-state index contributed by atoms with van der Waals surface area (Å²) in [5.41, 5.74) is 6.22. The summed E-state index contributed by atoms with van der Waals surface area (Å²) in [5, 5.41) is 11.7. The van der Waals surface area contributed by atoms with Crippen molar-refractivity contribution < 1.29 is 9.94 Å². The number of ether oxygens (including phenoxy) is 1. The van der Waals surface area contributed by atoms with Crippen LogP contribution in [0.4, 0.5) is 0 Å². The Labute approximate surface area is 129 Å². The molecule has 0 unspecified atom stereocenters. The maximum absolute atomic E-state index is 8.67. The minimum Gasteiger partial charge on any atom is -0.497 e. The maximum Gasteiger partial charge on any atom is 0.170 e. The Morgan fingerprint density at radius 3 is 2.75 bits per heavy atom. The molecular weight excluding hydrogens is 340 g/mol. The highest BCUT2D eigenvalue weighted by Crippen LogP contribution is 2.35. The SMILES string of the molecule is COc1cccc(Sc2ccc(/C(N)=N/O)cc2Br)c1. The second-order valence-electron chi connectivity index (χ2n) is 3.91. The van der Waals surface area contributed by atoms with E-state index in [1.54, 1.807) is 18.9 Å². The Balaban J connectivity index is 2.25. The van der Waals surface area contributed by atoms with Crippen LogP contribution < -0.4 is 10.5 Å². The number of hydrogen-bond donors (Lipinski definition) is 2. The molecule has 4 nitrogen and oxygen atoms in total. The summed E-state index contributed by atoms with van der Waals surface area (Å²) >= 11 is 5.10. The van der Waals surface area contributed by atoms with Gasteiger partial charge in [0.1, 0.15) is 5.75 Å². The summed E-state index contributed by atoms with van der Waals surface area (Å²) in [6, 6.07) is 13.4. The summed E-state index contributed by atoms with van der Waals surface area (Å²) in [6.07, 6.45) is 0. The third-order valence-corrected chi connectivity index (χ3v) is 4.59. The summed E-state index contributed by atoms with van der Waals surface area (Å²) in [4.78, 5) is 2.11. The third kappa shape index (κ3) is 3.46. The number of methoxy groups -OCH3 is 1. The highest BCUT2D eigenvalue weighted by molar-refractivity contribution is 9.10. The van der Waals surface area contributed by atoms with Gasteiger partial charge in [-0.15, -0.1) is 0 Å². The second kappa shape index (κ2) is 6.67. The summed E-state index contributed by atoms with van der Waals surface area (Å²) in [7, 11) is 1.64. The molecule has 0 saturated heterocycles. The van der Waals surface area contributed by atoms with Gasteiger partial charge >= 0.3 is 0 Å². The lowest BCUT2D eigenvalue weighted by atomic mass is 10.2. The highest BCUT2D eigenvalue weighted by atomic mass is 79.9. The zero-order chi connectivity index (χ0) is 14.5. The number of amidine groups is 1. The molecule has 2 rings (SSSR count). The predicted molar refractivity (Wildman–Crippen MR) is 83.8 cm³/mol. The van der Waals surface area contributed by atoms with E-state index in [1.807, 2.05) is 42.5 Å². The van der Waals surface area contributed by atoms with Crippen molar-refractivity contribution in [1.29, 1.82) is 0 Å². The maximum atomic E-state index is 8.67. The molecule has 2 aromatic rings. The molecule has 0 aliphatic carbocycles. The van der Waals surface area contributed by atoms with Crippen molar-refractivity contribution in [3.63, 3.8) is 0 Å². The van der Waals surface area contributed by atoms with Crippen molar-refractivity contribution in [2.24, 2.45) is 10.9 Å². The van der Waals surface area contributed by atoms with Crippen LogP contribution in [-0.4, -0.2) is 18.2 Å². The van der Waals surface area contributed by atoms with Crippen LogP contribution in [0.15, 0.2) is 61.9 Å². The quantitative estimate of drug-likeness (QED) is 0.381. The first kappa shape index (κ1) is 14.7. The minimum absolute atomic E-state index is 0.0867. The van der Waals surface area contributed by atoms with Gasteiger partial charge in [0.25, 0.3) is 0 Å². The van der Waals surface area contributed by atoms with Gasteiger partial charge in [0.15, 0.2) is 5.84 Å². The Morgan fingerprint density at radius 1 is 1.30 bits per heavy atom.